The van der Waals surface area contributed by atoms with Crippen molar-refractivity contribution in [1.82, 2.24) is 0 Å². The van der Waals surface area contributed by atoms with Crippen molar-refractivity contribution in [2.75, 3.05) is 17.6 Å². The Balaban J connectivity index is 2.06. The van der Waals surface area contributed by atoms with Gasteiger partial charge < -0.3 is 16.2 Å². The highest BCUT2D eigenvalue weighted by molar-refractivity contribution is 6.42. The number of nitrogens with one attached hydrogen (secondary N) is 1. The minimum absolute atomic E-state index is 0.439. The summed E-state index contributed by atoms with van der Waals surface area (Å²) in [4.78, 5) is 0. The lowest BCUT2D eigenvalue weighted by Crippen LogP contribution is -2.33. The number of anilines is 2. The number of nitrogens with two attached hydrogens (primary N) is 1. The van der Waals surface area contributed by atoms with Gasteiger partial charge in [0.05, 0.1) is 27.0 Å². The smallest absolute Gasteiger partial charge is 0.0819 e. The van der Waals surface area contributed by atoms with E-state index in [1.807, 2.05) is 0 Å². The van der Waals surface area contributed by atoms with Crippen LogP contribution in [0.5, 0.6) is 0 Å². The van der Waals surface area contributed by atoms with Crippen molar-refractivity contribution in [2.45, 2.75) is 31.3 Å². The molecule has 1 aromatic rings. The van der Waals surface area contributed by atoms with Gasteiger partial charge in [0.15, 0.2) is 0 Å². The van der Waals surface area contributed by atoms with E-state index in [9.17, 15) is 5.11 Å². The van der Waals surface area contributed by atoms with Crippen LogP contribution in [0.3, 0.4) is 0 Å². The van der Waals surface area contributed by atoms with Crippen molar-refractivity contribution < 1.29 is 5.11 Å². The summed E-state index contributed by atoms with van der Waals surface area (Å²) in [6.45, 7) is 0.495. The Bertz CT molecular complexity index is 417. The number of nitrogen functional groups attached to an aromatic ring is 1. The minimum atomic E-state index is -0.613. The molecule has 0 heterocycles. The molecule has 0 bridgehead atoms. The summed E-state index contributed by atoms with van der Waals surface area (Å²) < 4.78 is 0. The first kappa shape index (κ1) is 12.8. The van der Waals surface area contributed by atoms with Crippen LogP contribution >= 0.6 is 23.2 Å². The summed E-state index contributed by atoms with van der Waals surface area (Å²) >= 11 is 11.8. The third-order valence-corrected chi connectivity index (χ3v) is 3.96. The van der Waals surface area contributed by atoms with Crippen molar-refractivity contribution in [1.29, 1.82) is 0 Å². The molecule has 0 saturated heterocycles. The topological polar surface area (TPSA) is 58.3 Å². The lowest BCUT2D eigenvalue weighted by molar-refractivity contribution is 0.0615. The summed E-state index contributed by atoms with van der Waals surface area (Å²) in [7, 11) is 0. The van der Waals surface area contributed by atoms with E-state index in [-0.39, 0.29) is 0 Å². The molecule has 0 atom stereocenters. The molecule has 0 unspecified atom stereocenters. The standard InChI is InChI=1S/C12H16Cl2N2O/c13-8-5-10(15)11(6-9(8)14)16-7-12(17)3-1-2-4-12/h5-6,16-17H,1-4,7,15H2. The first-order chi connectivity index (χ1) is 8.00. The zero-order valence-electron chi connectivity index (χ0n) is 9.47. The zero-order valence-corrected chi connectivity index (χ0v) is 11.0. The second-order valence-electron chi connectivity index (χ2n) is 4.64. The fraction of sp³-hybridized carbons (Fsp3) is 0.500. The van der Waals surface area contributed by atoms with Gasteiger partial charge in [0.2, 0.25) is 0 Å². The average Bonchev–Trinajstić information content (AvgIpc) is 2.69. The van der Waals surface area contributed by atoms with Crippen LogP contribution in [0.1, 0.15) is 25.7 Å². The van der Waals surface area contributed by atoms with Crippen LogP contribution in [0.2, 0.25) is 10.0 Å². The van der Waals surface area contributed by atoms with Crippen LogP contribution in [0, 0.1) is 0 Å². The van der Waals surface area contributed by atoms with E-state index in [4.69, 9.17) is 28.9 Å². The van der Waals surface area contributed by atoms with E-state index in [1.54, 1.807) is 12.1 Å². The molecule has 1 aromatic carbocycles. The van der Waals surface area contributed by atoms with E-state index < -0.39 is 5.60 Å². The molecule has 5 heteroatoms. The van der Waals surface area contributed by atoms with Crippen molar-refractivity contribution in [3.05, 3.63) is 22.2 Å². The Morgan fingerprint density at radius 2 is 1.82 bits per heavy atom. The quantitative estimate of drug-likeness (QED) is 0.742. The Morgan fingerprint density at radius 3 is 2.47 bits per heavy atom. The van der Waals surface area contributed by atoms with Crippen LogP contribution in [0.25, 0.3) is 0 Å². The molecule has 0 aromatic heterocycles. The van der Waals surface area contributed by atoms with E-state index in [2.05, 4.69) is 5.32 Å². The maximum atomic E-state index is 10.2. The Morgan fingerprint density at radius 1 is 1.24 bits per heavy atom. The molecule has 2 rings (SSSR count). The van der Waals surface area contributed by atoms with Crippen LogP contribution in [0.15, 0.2) is 12.1 Å². The van der Waals surface area contributed by atoms with E-state index >= 15 is 0 Å². The number of hydrogen-bond donors (Lipinski definition) is 3. The number of benzene rings is 1. The number of hydrogen-bond acceptors (Lipinski definition) is 3. The summed E-state index contributed by atoms with van der Waals surface area (Å²) in [6.07, 6.45) is 3.83. The number of aliphatic hydroxyl groups is 1. The summed E-state index contributed by atoms with van der Waals surface area (Å²) in [6, 6.07) is 3.31. The molecular weight excluding hydrogens is 259 g/mol. The van der Waals surface area contributed by atoms with Crippen molar-refractivity contribution in [2.24, 2.45) is 0 Å². The highest BCUT2D eigenvalue weighted by Gasteiger charge is 2.30. The molecule has 0 aliphatic heterocycles. The molecule has 0 radical (unpaired) electrons. The Labute approximate surface area is 111 Å². The van der Waals surface area contributed by atoms with Gasteiger partial charge in [-0.3, -0.25) is 0 Å². The lowest BCUT2D eigenvalue weighted by Gasteiger charge is -2.23. The second-order valence-corrected chi connectivity index (χ2v) is 5.45. The highest BCUT2D eigenvalue weighted by atomic mass is 35.5. The fourth-order valence-corrected chi connectivity index (χ4v) is 2.52. The molecule has 1 aliphatic rings. The molecular formula is C12H16Cl2N2O. The molecule has 1 saturated carbocycles. The lowest BCUT2D eigenvalue weighted by atomic mass is 10.0. The molecule has 4 N–H and O–H groups in total. The monoisotopic (exact) mass is 274 g/mol. The number of halogens is 2. The van der Waals surface area contributed by atoms with Gasteiger partial charge in [0.1, 0.15) is 0 Å². The predicted octanol–water partition coefficient (Wildman–Crippen LogP) is 3.29. The van der Waals surface area contributed by atoms with Crippen LogP contribution in [-0.4, -0.2) is 17.3 Å². The first-order valence-electron chi connectivity index (χ1n) is 5.71. The van der Waals surface area contributed by atoms with E-state index in [1.165, 1.54) is 0 Å². The average molecular weight is 275 g/mol. The number of rotatable bonds is 3. The Hall–Kier alpha value is -0.640. The zero-order chi connectivity index (χ0) is 12.5. The van der Waals surface area contributed by atoms with Gasteiger partial charge >= 0.3 is 0 Å². The van der Waals surface area contributed by atoms with Gasteiger partial charge in [-0.2, -0.15) is 0 Å². The van der Waals surface area contributed by atoms with Crippen molar-refractivity contribution in [3.63, 3.8) is 0 Å². The minimum Gasteiger partial charge on any atom is -0.397 e. The van der Waals surface area contributed by atoms with E-state index in [0.717, 1.165) is 31.4 Å². The third kappa shape index (κ3) is 2.97. The van der Waals surface area contributed by atoms with Gasteiger partial charge in [-0.1, -0.05) is 36.0 Å². The first-order valence-corrected chi connectivity index (χ1v) is 6.47. The predicted molar refractivity (Wildman–Crippen MR) is 72.8 cm³/mol. The summed E-state index contributed by atoms with van der Waals surface area (Å²) in [5, 5.41) is 14.2. The Kier molecular flexibility index (Phi) is 3.71. The van der Waals surface area contributed by atoms with Crippen molar-refractivity contribution >= 4 is 34.6 Å². The third-order valence-electron chi connectivity index (χ3n) is 3.23. The molecule has 17 heavy (non-hydrogen) atoms. The van der Waals surface area contributed by atoms with E-state index in [0.29, 0.717) is 22.3 Å². The van der Waals surface area contributed by atoms with Gasteiger partial charge in [0, 0.05) is 6.54 Å². The van der Waals surface area contributed by atoms with Crippen LogP contribution in [0.4, 0.5) is 11.4 Å². The second kappa shape index (κ2) is 4.92. The highest BCUT2D eigenvalue weighted by Crippen LogP contribution is 2.33. The molecule has 0 spiro atoms. The normalized spacial score (nSPS) is 18.3. The molecule has 94 valence electrons. The largest absolute Gasteiger partial charge is 0.397 e. The van der Waals surface area contributed by atoms with Gasteiger partial charge in [-0.25, -0.2) is 0 Å². The maximum Gasteiger partial charge on any atom is 0.0819 e. The van der Waals surface area contributed by atoms with Gasteiger partial charge in [0.25, 0.3) is 0 Å². The van der Waals surface area contributed by atoms with Crippen LogP contribution in [-0.2, 0) is 0 Å². The summed E-state index contributed by atoms with van der Waals surface area (Å²) in [5.74, 6) is 0. The SMILES string of the molecule is Nc1cc(Cl)c(Cl)cc1NCC1(O)CCCC1. The molecule has 0 amide bonds. The summed E-state index contributed by atoms with van der Waals surface area (Å²) in [5.41, 5.74) is 6.48. The van der Waals surface area contributed by atoms with Crippen molar-refractivity contribution in [3.8, 4) is 0 Å². The van der Waals surface area contributed by atoms with Gasteiger partial charge in [-0.15, -0.1) is 0 Å². The van der Waals surface area contributed by atoms with Gasteiger partial charge in [-0.05, 0) is 25.0 Å². The molecule has 1 fully saturated rings. The fourth-order valence-electron chi connectivity index (χ4n) is 2.18. The molecule has 1 aliphatic carbocycles. The molecule has 3 nitrogen and oxygen atoms in total. The van der Waals surface area contributed by atoms with Crippen LogP contribution < -0.4 is 11.1 Å². The maximum absolute atomic E-state index is 10.2.